The molecule has 3 aromatic rings. The number of aromatic hydroxyl groups is 1. The largest absolute Gasteiger partial charge is 0.494 e. The highest BCUT2D eigenvalue weighted by molar-refractivity contribution is 7.17. The Morgan fingerprint density at radius 2 is 1.87 bits per heavy atom. The SMILES string of the molecule is CCOC(=O)N1CCN(C(c2ccc(OCC)cc2)c2sc3nc(C)nn3c2O)CC1. The molecule has 0 bridgehead atoms. The molecule has 166 valence electrons. The fraction of sp³-hybridized carbons (Fsp3) is 0.476. The van der Waals surface area contributed by atoms with E-state index >= 15 is 0 Å². The minimum Gasteiger partial charge on any atom is -0.494 e. The molecule has 1 aromatic carbocycles. The number of hydrogen-bond acceptors (Lipinski definition) is 8. The van der Waals surface area contributed by atoms with E-state index in [2.05, 4.69) is 15.0 Å². The van der Waals surface area contributed by atoms with Crippen LogP contribution in [0.1, 0.15) is 36.2 Å². The highest BCUT2D eigenvalue weighted by atomic mass is 32.1. The normalized spacial score (nSPS) is 15.9. The van der Waals surface area contributed by atoms with Gasteiger partial charge in [-0.25, -0.2) is 9.78 Å². The Labute approximate surface area is 184 Å². The second-order valence-corrected chi connectivity index (χ2v) is 8.28. The van der Waals surface area contributed by atoms with Crippen molar-refractivity contribution in [1.29, 1.82) is 0 Å². The smallest absolute Gasteiger partial charge is 0.409 e. The van der Waals surface area contributed by atoms with Crippen LogP contribution in [-0.4, -0.2) is 75.0 Å². The standard InChI is InChI=1S/C21H27N5O4S/c1-4-29-16-8-6-15(7-9-16)17(18-19(27)26-20(31-18)22-14(3)23-26)24-10-12-25(13-11-24)21(28)30-5-2/h6-9,17,27H,4-5,10-13H2,1-3H3. The Morgan fingerprint density at radius 3 is 2.48 bits per heavy atom. The number of benzene rings is 1. The van der Waals surface area contributed by atoms with E-state index < -0.39 is 0 Å². The highest BCUT2D eigenvalue weighted by Crippen LogP contribution is 2.40. The molecule has 3 heterocycles. The average Bonchev–Trinajstić information content (AvgIpc) is 3.27. The van der Waals surface area contributed by atoms with Gasteiger partial charge in [0.25, 0.3) is 0 Å². The maximum Gasteiger partial charge on any atom is 0.409 e. The third-order valence-corrected chi connectivity index (χ3v) is 6.34. The molecule has 1 unspecified atom stereocenters. The predicted molar refractivity (Wildman–Crippen MR) is 117 cm³/mol. The summed E-state index contributed by atoms with van der Waals surface area (Å²) in [4.78, 5) is 21.9. The summed E-state index contributed by atoms with van der Waals surface area (Å²) in [7, 11) is 0. The second kappa shape index (κ2) is 9.11. The van der Waals surface area contributed by atoms with E-state index in [0.29, 0.717) is 50.2 Å². The number of fused-ring (bicyclic) bond motifs is 1. The number of hydrogen-bond donors (Lipinski definition) is 1. The van der Waals surface area contributed by atoms with Crippen LogP contribution in [-0.2, 0) is 4.74 Å². The first-order chi connectivity index (χ1) is 15.0. The third kappa shape index (κ3) is 4.31. The van der Waals surface area contributed by atoms with Crippen LogP contribution in [0.3, 0.4) is 0 Å². The first-order valence-electron chi connectivity index (χ1n) is 10.4. The molecular formula is C21H27N5O4S. The summed E-state index contributed by atoms with van der Waals surface area (Å²) in [6.07, 6.45) is -0.281. The van der Waals surface area contributed by atoms with Crippen LogP contribution in [0.2, 0.25) is 0 Å². The third-order valence-electron chi connectivity index (χ3n) is 5.27. The van der Waals surface area contributed by atoms with Crippen molar-refractivity contribution >= 4 is 22.4 Å². The Morgan fingerprint density at radius 1 is 1.16 bits per heavy atom. The number of thiazole rings is 1. The molecule has 1 fully saturated rings. The van der Waals surface area contributed by atoms with Crippen molar-refractivity contribution in [3.8, 4) is 11.6 Å². The van der Waals surface area contributed by atoms with Gasteiger partial charge in [-0.2, -0.15) is 4.52 Å². The Kier molecular flexibility index (Phi) is 6.28. The van der Waals surface area contributed by atoms with Crippen LogP contribution in [0.25, 0.3) is 4.96 Å². The van der Waals surface area contributed by atoms with Crippen molar-refractivity contribution in [1.82, 2.24) is 24.4 Å². The Bertz CT molecular complexity index is 1040. The number of rotatable bonds is 6. The average molecular weight is 446 g/mol. The summed E-state index contributed by atoms with van der Waals surface area (Å²) in [5.74, 6) is 1.53. The number of carbonyl (C=O) groups excluding carboxylic acids is 1. The van der Waals surface area contributed by atoms with Gasteiger partial charge in [-0.1, -0.05) is 23.5 Å². The van der Waals surface area contributed by atoms with Crippen LogP contribution in [0.15, 0.2) is 24.3 Å². The minimum atomic E-state index is -0.281. The molecule has 9 nitrogen and oxygen atoms in total. The van der Waals surface area contributed by atoms with E-state index in [0.717, 1.165) is 16.2 Å². The van der Waals surface area contributed by atoms with E-state index in [-0.39, 0.29) is 18.0 Å². The van der Waals surface area contributed by atoms with Gasteiger partial charge in [0.15, 0.2) is 0 Å². The van der Waals surface area contributed by atoms with Crippen LogP contribution in [0, 0.1) is 6.92 Å². The molecule has 31 heavy (non-hydrogen) atoms. The molecule has 4 rings (SSSR count). The molecular weight excluding hydrogens is 418 g/mol. The minimum absolute atomic E-state index is 0.104. The maximum atomic E-state index is 12.1. The molecule has 0 radical (unpaired) electrons. The van der Waals surface area contributed by atoms with Gasteiger partial charge in [-0.3, -0.25) is 4.90 Å². The van der Waals surface area contributed by atoms with E-state index in [1.165, 1.54) is 15.9 Å². The number of amides is 1. The summed E-state index contributed by atoms with van der Waals surface area (Å²) < 4.78 is 12.2. The van der Waals surface area contributed by atoms with Crippen molar-refractivity contribution in [2.24, 2.45) is 0 Å². The summed E-state index contributed by atoms with van der Waals surface area (Å²) in [6.45, 7) is 8.97. The second-order valence-electron chi connectivity index (χ2n) is 7.27. The summed E-state index contributed by atoms with van der Waals surface area (Å²) in [5.41, 5.74) is 1.03. The highest BCUT2D eigenvalue weighted by Gasteiger charge is 2.33. The maximum absolute atomic E-state index is 12.1. The van der Waals surface area contributed by atoms with Gasteiger partial charge in [0.1, 0.15) is 11.6 Å². The number of ether oxygens (including phenoxy) is 2. The van der Waals surface area contributed by atoms with Gasteiger partial charge in [0.2, 0.25) is 10.8 Å². The molecule has 1 N–H and O–H groups in total. The van der Waals surface area contributed by atoms with Crippen molar-refractivity contribution in [3.05, 3.63) is 40.5 Å². The van der Waals surface area contributed by atoms with Crippen molar-refractivity contribution < 1.29 is 19.4 Å². The number of aromatic nitrogens is 3. The lowest BCUT2D eigenvalue weighted by Gasteiger charge is -2.38. The summed E-state index contributed by atoms with van der Waals surface area (Å²) >= 11 is 1.43. The van der Waals surface area contributed by atoms with E-state index in [1.54, 1.807) is 11.8 Å². The fourth-order valence-corrected chi connectivity index (χ4v) is 5.01. The molecule has 2 aromatic heterocycles. The predicted octanol–water partition coefficient (Wildman–Crippen LogP) is 3.07. The van der Waals surface area contributed by atoms with Crippen molar-refractivity contribution in [2.45, 2.75) is 26.8 Å². The number of nitrogens with zero attached hydrogens (tertiary/aromatic N) is 5. The van der Waals surface area contributed by atoms with E-state index in [9.17, 15) is 9.90 Å². The first-order valence-corrected chi connectivity index (χ1v) is 11.3. The summed E-state index contributed by atoms with van der Waals surface area (Å²) in [5, 5.41) is 15.3. The summed E-state index contributed by atoms with van der Waals surface area (Å²) in [6, 6.07) is 7.74. The molecule has 1 aliphatic heterocycles. The van der Waals surface area contributed by atoms with Gasteiger partial charge >= 0.3 is 6.09 Å². The molecule has 1 aliphatic rings. The van der Waals surface area contributed by atoms with Gasteiger partial charge in [-0.15, -0.1) is 5.10 Å². The zero-order chi connectivity index (χ0) is 22.0. The topological polar surface area (TPSA) is 92.4 Å². The lowest BCUT2D eigenvalue weighted by Crippen LogP contribution is -2.49. The van der Waals surface area contributed by atoms with Crippen LogP contribution in [0.4, 0.5) is 4.79 Å². The van der Waals surface area contributed by atoms with Gasteiger partial charge in [-0.05, 0) is 38.5 Å². The number of piperazine rings is 1. The number of aryl methyl sites for hydroxylation is 1. The van der Waals surface area contributed by atoms with Gasteiger partial charge in [0, 0.05) is 26.2 Å². The Balaban J connectivity index is 1.65. The van der Waals surface area contributed by atoms with Crippen LogP contribution >= 0.6 is 11.3 Å². The zero-order valence-electron chi connectivity index (χ0n) is 17.9. The zero-order valence-corrected chi connectivity index (χ0v) is 18.8. The van der Waals surface area contributed by atoms with Crippen molar-refractivity contribution in [2.75, 3.05) is 39.4 Å². The molecule has 1 amide bonds. The van der Waals surface area contributed by atoms with E-state index in [4.69, 9.17) is 9.47 Å². The fourth-order valence-electron chi connectivity index (χ4n) is 3.84. The van der Waals surface area contributed by atoms with Gasteiger partial charge < -0.3 is 19.5 Å². The molecule has 1 saturated heterocycles. The van der Waals surface area contributed by atoms with Crippen molar-refractivity contribution in [3.63, 3.8) is 0 Å². The first kappa shape index (κ1) is 21.4. The van der Waals surface area contributed by atoms with Gasteiger partial charge in [0.05, 0.1) is 24.1 Å². The lowest BCUT2D eigenvalue weighted by molar-refractivity contribution is 0.0715. The van der Waals surface area contributed by atoms with Crippen LogP contribution in [0.5, 0.6) is 11.6 Å². The van der Waals surface area contributed by atoms with Crippen LogP contribution < -0.4 is 4.74 Å². The quantitative estimate of drug-likeness (QED) is 0.623. The molecule has 1 atom stereocenters. The number of carbonyl (C=O) groups is 1. The molecule has 0 aliphatic carbocycles. The lowest BCUT2D eigenvalue weighted by atomic mass is 10.0. The monoisotopic (exact) mass is 445 g/mol. The molecule has 10 heteroatoms. The molecule has 0 saturated carbocycles. The Hall–Kier alpha value is -2.85. The van der Waals surface area contributed by atoms with E-state index in [1.807, 2.05) is 38.1 Å². The molecule has 0 spiro atoms.